The van der Waals surface area contributed by atoms with Crippen molar-refractivity contribution in [1.82, 2.24) is 5.32 Å². The van der Waals surface area contributed by atoms with Crippen LogP contribution in [0.5, 0.6) is 5.75 Å². The zero-order valence-corrected chi connectivity index (χ0v) is 12.0. The van der Waals surface area contributed by atoms with Crippen molar-refractivity contribution in [2.24, 2.45) is 0 Å². The zero-order chi connectivity index (χ0) is 14.2. The van der Waals surface area contributed by atoms with Crippen molar-refractivity contribution >= 4 is 16.9 Å². The first-order valence-electron chi connectivity index (χ1n) is 7.76. The van der Waals surface area contributed by atoms with E-state index in [1.807, 2.05) is 18.2 Å². The molecule has 1 aromatic carbocycles. The Labute approximate surface area is 123 Å². The number of hydrogen-bond donors (Lipinski definition) is 1. The summed E-state index contributed by atoms with van der Waals surface area (Å²) >= 11 is 0. The summed E-state index contributed by atoms with van der Waals surface area (Å²) in [6.45, 7) is 0.0854. The molecule has 21 heavy (non-hydrogen) atoms. The second kappa shape index (κ2) is 5.10. The second-order valence-electron chi connectivity index (χ2n) is 6.00. The van der Waals surface area contributed by atoms with Crippen molar-refractivity contribution in [1.29, 1.82) is 0 Å². The molecule has 110 valence electrons. The highest BCUT2D eigenvalue weighted by Gasteiger charge is 2.23. The van der Waals surface area contributed by atoms with E-state index >= 15 is 0 Å². The smallest absolute Gasteiger partial charge is 0.258 e. The second-order valence-corrected chi connectivity index (χ2v) is 6.00. The van der Waals surface area contributed by atoms with Crippen LogP contribution in [0.1, 0.15) is 37.0 Å². The number of benzene rings is 1. The summed E-state index contributed by atoms with van der Waals surface area (Å²) in [6, 6.07) is 6.21. The van der Waals surface area contributed by atoms with E-state index in [4.69, 9.17) is 9.15 Å². The molecule has 0 spiro atoms. The average Bonchev–Trinajstić information content (AvgIpc) is 3.23. The normalized spacial score (nSPS) is 17.5. The van der Waals surface area contributed by atoms with Gasteiger partial charge in [-0.25, -0.2) is 0 Å². The Kier molecular flexibility index (Phi) is 3.09. The Hall–Kier alpha value is -1.97. The van der Waals surface area contributed by atoms with Gasteiger partial charge in [0.1, 0.15) is 17.1 Å². The molecule has 0 aliphatic heterocycles. The first-order chi connectivity index (χ1) is 10.3. The molecule has 4 heteroatoms. The van der Waals surface area contributed by atoms with Crippen LogP contribution in [0, 0.1) is 0 Å². The molecule has 1 N–H and O–H groups in total. The quantitative estimate of drug-likeness (QED) is 0.939. The number of carbonyl (C=O) groups excluding carboxylic acids is 1. The van der Waals surface area contributed by atoms with Crippen molar-refractivity contribution in [2.45, 2.75) is 44.6 Å². The monoisotopic (exact) mass is 285 g/mol. The molecule has 0 bridgehead atoms. The van der Waals surface area contributed by atoms with Gasteiger partial charge in [-0.05, 0) is 50.3 Å². The van der Waals surface area contributed by atoms with Crippen LogP contribution in [0.4, 0.5) is 0 Å². The molecule has 0 saturated heterocycles. The summed E-state index contributed by atoms with van der Waals surface area (Å²) in [4.78, 5) is 11.7. The Balaban J connectivity index is 1.51. The van der Waals surface area contributed by atoms with Gasteiger partial charge in [0.05, 0.1) is 0 Å². The van der Waals surface area contributed by atoms with E-state index in [9.17, 15) is 4.79 Å². The highest BCUT2D eigenvalue weighted by atomic mass is 16.5. The fourth-order valence-corrected chi connectivity index (χ4v) is 2.98. The van der Waals surface area contributed by atoms with E-state index in [1.165, 1.54) is 18.4 Å². The van der Waals surface area contributed by atoms with Crippen molar-refractivity contribution in [3.63, 3.8) is 0 Å². The summed E-state index contributed by atoms with van der Waals surface area (Å²) < 4.78 is 11.5. The van der Waals surface area contributed by atoms with Crippen LogP contribution in [-0.4, -0.2) is 18.6 Å². The maximum atomic E-state index is 11.7. The van der Waals surface area contributed by atoms with Gasteiger partial charge in [-0.3, -0.25) is 4.79 Å². The number of nitrogens with one attached hydrogen (secondary N) is 1. The van der Waals surface area contributed by atoms with Gasteiger partial charge in [0.15, 0.2) is 6.61 Å². The van der Waals surface area contributed by atoms with Gasteiger partial charge < -0.3 is 14.5 Å². The summed E-state index contributed by atoms with van der Waals surface area (Å²) in [6.07, 6.45) is 6.73. The Bertz CT molecular complexity index is 685. The molecule has 2 aliphatic rings. The molecule has 0 unspecified atom stereocenters. The van der Waals surface area contributed by atoms with E-state index < -0.39 is 0 Å². The number of amides is 1. The lowest BCUT2D eigenvalue weighted by Gasteiger charge is -2.09. The molecule has 1 fully saturated rings. The van der Waals surface area contributed by atoms with Crippen LogP contribution in [0.15, 0.2) is 22.6 Å². The largest absolute Gasteiger partial charge is 0.484 e. The van der Waals surface area contributed by atoms with Crippen molar-refractivity contribution < 1.29 is 13.9 Å². The molecule has 4 nitrogen and oxygen atoms in total. The van der Waals surface area contributed by atoms with E-state index in [1.54, 1.807) is 0 Å². The third kappa shape index (κ3) is 2.62. The van der Waals surface area contributed by atoms with Gasteiger partial charge in [0, 0.05) is 23.4 Å². The van der Waals surface area contributed by atoms with Gasteiger partial charge in [-0.2, -0.15) is 0 Å². The topological polar surface area (TPSA) is 51.5 Å². The molecule has 0 atom stereocenters. The SMILES string of the molecule is O=C(COc1ccc2oc3c(c2c1)CCCC3)NC1CC1. The van der Waals surface area contributed by atoms with Crippen LogP contribution in [0.25, 0.3) is 11.0 Å². The first-order valence-corrected chi connectivity index (χ1v) is 7.76. The molecular formula is C17H19NO3. The van der Waals surface area contributed by atoms with Crippen molar-refractivity contribution in [2.75, 3.05) is 6.61 Å². The Morgan fingerprint density at radius 3 is 3.00 bits per heavy atom. The van der Waals surface area contributed by atoms with Gasteiger partial charge in [-0.15, -0.1) is 0 Å². The average molecular weight is 285 g/mol. The molecular weight excluding hydrogens is 266 g/mol. The summed E-state index contributed by atoms with van der Waals surface area (Å²) in [5.74, 6) is 1.83. The molecule has 2 aliphatic carbocycles. The van der Waals surface area contributed by atoms with E-state index in [-0.39, 0.29) is 12.5 Å². The number of ether oxygens (including phenoxy) is 1. The lowest BCUT2D eigenvalue weighted by atomic mass is 9.96. The number of fused-ring (bicyclic) bond motifs is 3. The molecule has 0 radical (unpaired) electrons. The van der Waals surface area contributed by atoms with Crippen LogP contribution in [-0.2, 0) is 17.6 Å². The van der Waals surface area contributed by atoms with Gasteiger partial charge in [-0.1, -0.05) is 0 Å². The first kappa shape index (κ1) is 12.7. The van der Waals surface area contributed by atoms with E-state index in [0.717, 1.165) is 48.2 Å². The van der Waals surface area contributed by atoms with Crippen LogP contribution in [0.2, 0.25) is 0 Å². The number of furan rings is 1. The minimum Gasteiger partial charge on any atom is -0.484 e. The fraction of sp³-hybridized carbons (Fsp3) is 0.471. The minimum absolute atomic E-state index is 0.0354. The van der Waals surface area contributed by atoms with Gasteiger partial charge in [0.2, 0.25) is 0 Å². The standard InChI is InChI=1S/C17H19NO3/c19-17(18-11-5-6-11)10-20-12-7-8-16-14(9-12)13-3-1-2-4-15(13)21-16/h7-9,11H,1-6,10H2,(H,18,19). The zero-order valence-electron chi connectivity index (χ0n) is 12.0. The number of rotatable bonds is 4. The van der Waals surface area contributed by atoms with Crippen LogP contribution < -0.4 is 10.1 Å². The Morgan fingerprint density at radius 1 is 1.29 bits per heavy atom. The minimum atomic E-state index is -0.0354. The Morgan fingerprint density at radius 2 is 2.14 bits per heavy atom. The summed E-state index contributed by atoms with van der Waals surface area (Å²) in [5, 5.41) is 4.07. The van der Waals surface area contributed by atoms with E-state index in [0.29, 0.717) is 6.04 Å². The van der Waals surface area contributed by atoms with Crippen molar-refractivity contribution in [3.8, 4) is 5.75 Å². The van der Waals surface area contributed by atoms with Crippen LogP contribution in [0.3, 0.4) is 0 Å². The number of aryl methyl sites for hydroxylation is 2. The maximum absolute atomic E-state index is 11.7. The molecule has 1 heterocycles. The molecule has 4 rings (SSSR count). The van der Waals surface area contributed by atoms with Gasteiger partial charge in [0.25, 0.3) is 5.91 Å². The number of carbonyl (C=O) groups is 1. The van der Waals surface area contributed by atoms with Gasteiger partial charge >= 0.3 is 0 Å². The van der Waals surface area contributed by atoms with Crippen molar-refractivity contribution in [3.05, 3.63) is 29.5 Å². The van der Waals surface area contributed by atoms with Crippen LogP contribution >= 0.6 is 0 Å². The molecule has 2 aromatic rings. The number of hydrogen-bond acceptors (Lipinski definition) is 3. The molecule has 1 amide bonds. The fourth-order valence-electron chi connectivity index (χ4n) is 2.98. The summed E-state index contributed by atoms with van der Waals surface area (Å²) in [7, 11) is 0. The highest BCUT2D eigenvalue weighted by molar-refractivity contribution is 5.84. The lowest BCUT2D eigenvalue weighted by molar-refractivity contribution is -0.123. The lowest BCUT2D eigenvalue weighted by Crippen LogP contribution is -2.30. The predicted octanol–water partition coefficient (Wildman–Crippen LogP) is 2.97. The van der Waals surface area contributed by atoms with E-state index in [2.05, 4.69) is 5.32 Å². The third-order valence-corrected chi connectivity index (χ3v) is 4.24. The highest BCUT2D eigenvalue weighted by Crippen LogP contribution is 2.33. The molecule has 1 aromatic heterocycles. The third-order valence-electron chi connectivity index (χ3n) is 4.24. The predicted molar refractivity (Wildman–Crippen MR) is 79.5 cm³/mol. The summed E-state index contributed by atoms with van der Waals surface area (Å²) in [5.41, 5.74) is 2.25. The maximum Gasteiger partial charge on any atom is 0.258 e. The molecule has 1 saturated carbocycles.